The normalized spacial score (nSPS) is 11.1. The molecule has 0 aliphatic rings. The van der Waals surface area contributed by atoms with Gasteiger partial charge in [-0.1, -0.05) is 60.2 Å². The summed E-state index contributed by atoms with van der Waals surface area (Å²) in [6.07, 6.45) is 0. The fourth-order valence-corrected chi connectivity index (χ4v) is 4.00. The summed E-state index contributed by atoms with van der Waals surface area (Å²) >= 11 is 1.57. The SMILES string of the molecule is Cc1ccc(Cn2c(C)nc3sc(-c4ccccc4)cc3c2=O)cc1. The van der Waals surface area contributed by atoms with Gasteiger partial charge in [-0.05, 0) is 31.0 Å². The van der Waals surface area contributed by atoms with Gasteiger partial charge < -0.3 is 0 Å². The molecule has 2 heterocycles. The number of rotatable bonds is 3. The first-order valence-electron chi connectivity index (χ1n) is 8.24. The summed E-state index contributed by atoms with van der Waals surface area (Å²) in [6.45, 7) is 4.51. The Morgan fingerprint density at radius 1 is 1.00 bits per heavy atom. The van der Waals surface area contributed by atoms with Crippen LogP contribution >= 0.6 is 11.3 Å². The molecule has 0 atom stereocenters. The molecular formula is C21H18N2OS. The molecule has 0 spiro atoms. The largest absolute Gasteiger partial charge is 0.292 e. The molecule has 0 N–H and O–H groups in total. The summed E-state index contributed by atoms with van der Waals surface area (Å²) in [4.78, 5) is 19.6. The van der Waals surface area contributed by atoms with E-state index >= 15 is 0 Å². The first-order chi connectivity index (χ1) is 12.1. The van der Waals surface area contributed by atoms with Gasteiger partial charge in [0.15, 0.2) is 0 Å². The topological polar surface area (TPSA) is 34.9 Å². The van der Waals surface area contributed by atoms with Gasteiger partial charge in [0.05, 0.1) is 11.9 Å². The van der Waals surface area contributed by atoms with E-state index in [1.807, 2.05) is 31.2 Å². The second-order valence-corrected chi connectivity index (χ2v) is 7.26. The molecule has 0 bridgehead atoms. The van der Waals surface area contributed by atoms with Gasteiger partial charge in [0, 0.05) is 4.88 Å². The van der Waals surface area contributed by atoms with E-state index in [2.05, 4.69) is 48.3 Å². The molecule has 0 fully saturated rings. The van der Waals surface area contributed by atoms with Crippen molar-refractivity contribution in [2.45, 2.75) is 20.4 Å². The quantitative estimate of drug-likeness (QED) is 0.534. The van der Waals surface area contributed by atoms with Crippen LogP contribution in [-0.4, -0.2) is 9.55 Å². The molecule has 25 heavy (non-hydrogen) atoms. The number of hydrogen-bond donors (Lipinski definition) is 0. The minimum Gasteiger partial charge on any atom is -0.292 e. The van der Waals surface area contributed by atoms with Crippen molar-refractivity contribution >= 4 is 21.6 Å². The lowest BCUT2D eigenvalue weighted by atomic mass is 10.1. The third-order valence-corrected chi connectivity index (χ3v) is 5.44. The van der Waals surface area contributed by atoms with E-state index in [1.165, 1.54) is 5.56 Å². The summed E-state index contributed by atoms with van der Waals surface area (Å²) in [5, 5.41) is 0.696. The number of thiophene rings is 1. The zero-order valence-electron chi connectivity index (χ0n) is 14.2. The molecule has 4 aromatic rings. The summed E-state index contributed by atoms with van der Waals surface area (Å²) in [6, 6.07) is 20.4. The van der Waals surface area contributed by atoms with E-state index < -0.39 is 0 Å². The summed E-state index contributed by atoms with van der Waals surface area (Å²) < 4.78 is 1.76. The molecule has 0 unspecified atom stereocenters. The number of hydrogen-bond acceptors (Lipinski definition) is 3. The number of nitrogens with zero attached hydrogens (tertiary/aromatic N) is 2. The van der Waals surface area contributed by atoms with Crippen molar-refractivity contribution in [1.82, 2.24) is 9.55 Å². The van der Waals surface area contributed by atoms with Gasteiger partial charge in [0.1, 0.15) is 10.7 Å². The monoisotopic (exact) mass is 346 g/mol. The van der Waals surface area contributed by atoms with Crippen LogP contribution in [0.4, 0.5) is 0 Å². The van der Waals surface area contributed by atoms with Gasteiger partial charge in [0.25, 0.3) is 5.56 Å². The third-order valence-electron chi connectivity index (χ3n) is 4.36. The fraction of sp³-hybridized carbons (Fsp3) is 0.143. The Balaban J connectivity index is 1.81. The van der Waals surface area contributed by atoms with Gasteiger partial charge in [-0.25, -0.2) is 4.98 Å². The Labute approximate surface area is 150 Å². The van der Waals surface area contributed by atoms with Gasteiger partial charge in [-0.3, -0.25) is 9.36 Å². The lowest BCUT2D eigenvalue weighted by Crippen LogP contribution is -2.23. The van der Waals surface area contributed by atoms with Gasteiger partial charge in [-0.15, -0.1) is 11.3 Å². The van der Waals surface area contributed by atoms with Crippen molar-refractivity contribution in [3.63, 3.8) is 0 Å². The molecule has 3 nitrogen and oxygen atoms in total. The number of aromatic nitrogens is 2. The van der Waals surface area contributed by atoms with Crippen LogP contribution in [0.5, 0.6) is 0 Å². The van der Waals surface area contributed by atoms with Gasteiger partial charge in [0.2, 0.25) is 0 Å². The number of aryl methyl sites for hydroxylation is 2. The first kappa shape index (κ1) is 15.8. The second-order valence-electron chi connectivity index (χ2n) is 6.23. The van der Waals surface area contributed by atoms with Crippen molar-refractivity contribution < 1.29 is 0 Å². The maximum absolute atomic E-state index is 13.0. The van der Waals surface area contributed by atoms with Crippen molar-refractivity contribution in [3.8, 4) is 10.4 Å². The van der Waals surface area contributed by atoms with Crippen molar-refractivity contribution in [2.24, 2.45) is 0 Å². The van der Waals surface area contributed by atoms with E-state index in [0.29, 0.717) is 11.9 Å². The molecule has 4 heteroatoms. The average molecular weight is 346 g/mol. The minimum absolute atomic E-state index is 0.0292. The lowest BCUT2D eigenvalue weighted by Gasteiger charge is -2.09. The number of benzene rings is 2. The molecule has 0 saturated carbocycles. The fourth-order valence-electron chi connectivity index (χ4n) is 2.92. The molecule has 0 aliphatic heterocycles. The molecule has 0 radical (unpaired) electrons. The minimum atomic E-state index is 0.0292. The van der Waals surface area contributed by atoms with Crippen LogP contribution in [0.15, 0.2) is 65.5 Å². The summed E-state index contributed by atoms with van der Waals surface area (Å²) in [7, 11) is 0. The standard InChI is InChI=1S/C21H18N2OS/c1-14-8-10-16(11-9-14)13-23-15(2)22-20-18(21(23)24)12-19(25-20)17-6-4-3-5-7-17/h3-12H,13H2,1-2H3. The van der Waals surface area contributed by atoms with E-state index in [4.69, 9.17) is 0 Å². The molecule has 0 saturated heterocycles. The van der Waals surface area contributed by atoms with Crippen molar-refractivity contribution in [1.29, 1.82) is 0 Å². The lowest BCUT2D eigenvalue weighted by molar-refractivity contribution is 0.714. The Hall–Kier alpha value is -2.72. The van der Waals surface area contributed by atoms with Crippen LogP contribution in [0.2, 0.25) is 0 Å². The molecule has 0 amide bonds. The molecule has 4 rings (SSSR count). The highest BCUT2D eigenvalue weighted by Crippen LogP contribution is 2.30. The predicted molar refractivity (Wildman–Crippen MR) is 104 cm³/mol. The number of fused-ring (bicyclic) bond motifs is 1. The zero-order chi connectivity index (χ0) is 17.4. The van der Waals surface area contributed by atoms with E-state index in [0.717, 1.165) is 26.7 Å². The van der Waals surface area contributed by atoms with Crippen LogP contribution < -0.4 is 5.56 Å². The smallest absolute Gasteiger partial charge is 0.262 e. The third kappa shape index (κ3) is 3.01. The highest BCUT2D eigenvalue weighted by molar-refractivity contribution is 7.21. The van der Waals surface area contributed by atoms with Crippen LogP contribution in [-0.2, 0) is 6.54 Å². The first-order valence-corrected chi connectivity index (χ1v) is 9.05. The van der Waals surface area contributed by atoms with E-state index in [1.54, 1.807) is 15.9 Å². The van der Waals surface area contributed by atoms with Crippen LogP contribution in [0.25, 0.3) is 20.7 Å². The molecule has 124 valence electrons. The maximum atomic E-state index is 13.0. The summed E-state index contributed by atoms with van der Waals surface area (Å²) in [5.41, 5.74) is 3.47. The molecule has 2 aromatic carbocycles. The van der Waals surface area contributed by atoms with Crippen LogP contribution in [0.1, 0.15) is 17.0 Å². The van der Waals surface area contributed by atoms with Crippen LogP contribution in [0.3, 0.4) is 0 Å². The van der Waals surface area contributed by atoms with Crippen molar-refractivity contribution in [3.05, 3.63) is 88.0 Å². The van der Waals surface area contributed by atoms with Gasteiger partial charge in [-0.2, -0.15) is 0 Å². The molecule has 2 aromatic heterocycles. The summed E-state index contributed by atoms with van der Waals surface area (Å²) in [5.74, 6) is 0.750. The Kier molecular flexibility index (Phi) is 3.98. The van der Waals surface area contributed by atoms with E-state index in [9.17, 15) is 4.79 Å². The van der Waals surface area contributed by atoms with Crippen LogP contribution in [0, 0.1) is 13.8 Å². The Bertz CT molecular complexity index is 1090. The van der Waals surface area contributed by atoms with Gasteiger partial charge >= 0.3 is 0 Å². The highest BCUT2D eigenvalue weighted by Gasteiger charge is 2.13. The zero-order valence-corrected chi connectivity index (χ0v) is 15.0. The highest BCUT2D eigenvalue weighted by atomic mass is 32.1. The second kappa shape index (κ2) is 6.30. The Morgan fingerprint density at radius 2 is 1.72 bits per heavy atom. The Morgan fingerprint density at radius 3 is 2.44 bits per heavy atom. The average Bonchev–Trinajstić information content (AvgIpc) is 3.05. The predicted octanol–water partition coefficient (Wildman–Crippen LogP) is 4.79. The van der Waals surface area contributed by atoms with Crippen molar-refractivity contribution in [2.75, 3.05) is 0 Å². The molecular weight excluding hydrogens is 328 g/mol. The maximum Gasteiger partial charge on any atom is 0.262 e. The molecule has 0 aliphatic carbocycles. The van der Waals surface area contributed by atoms with E-state index in [-0.39, 0.29) is 5.56 Å².